The van der Waals surface area contributed by atoms with E-state index in [9.17, 15) is 14.4 Å². The standard InChI is InChI=1S/C12H14N4O5S/c1-5(18)13-11-14-9-8(10(19)15-11)22-12(20)16(9)7-3-2-6(4-17)21-7/h6-7,17H,2-4H2,1H3,(H2,13,14,15,18,19). The number of aliphatic hydroxyl groups excluding tert-OH is 1. The summed E-state index contributed by atoms with van der Waals surface area (Å²) in [6.07, 6.45) is 0.259. The van der Waals surface area contributed by atoms with Gasteiger partial charge in [-0.3, -0.25) is 29.3 Å². The van der Waals surface area contributed by atoms with E-state index in [2.05, 4.69) is 15.3 Å². The van der Waals surface area contributed by atoms with E-state index in [1.54, 1.807) is 0 Å². The second-order valence-electron chi connectivity index (χ2n) is 4.96. The van der Waals surface area contributed by atoms with E-state index in [1.807, 2.05) is 0 Å². The molecule has 1 fully saturated rings. The zero-order valence-electron chi connectivity index (χ0n) is 11.7. The number of fused-ring (bicyclic) bond motifs is 1. The van der Waals surface area contributed by atoms with Crippen molar-refractivity contribution in [3.05, 3.63) is 20.0 Å². The quantitative estimate of drug-likeness (QED) is 0.715. The molecule has 3 heterocycles. The molecule has 0 saturated carbocycles. The lowest BCUT2D eigenvalue weighted by Crippen LogP contribution is -2.22. The van der Waals surface area contributed by atoms with Gasteiger partial charge >= 0.3 is 4.87 Å². The molecule has 0 aromatic carbocycles. The summed E-state index contributed by atoms with van der Waals surface area (Å²) in [5.74, 6) is -0.405. The topological polar surface area (TPSA) is 126 Å². The number of nitrogens with one attached hydrogen (secondary N) is 2. The molecule has 1 aliphatic rings. The maximum absolute atomic E-state index is 12.2. The first-order valence-electron chi connectivity index (χ1n) is 6.69. The van der Waals surface area contributed by atoms with E-state index >= 15 is 0 Å². The highest BCUT2D eigenvalue weighted by Gasteiger charge is 2.29. The van der Waals surface area contributed by atoms with Gasteiger partial charge in [-0.15, -0.1) is 0 Å². The van der Waals surface area contributed by atoms with Crippen molar-refractivity contribution >= 4 is 33.5 Å². The van der Waals surface area contributed by atoms with Gasteiger partial charge < -0.3 is 9.84 Å². The van der Waals surface area contributed by atoms with Crippen molar-refractivity contribution in [2.45, 2.75) is 32.1 Å². The average molecular weight is 326 g/mol. The number of carbonyl (C=O) groups is 1. The van der Waals surface area contributed by atoms with Crippen LogP contribution in [0.25, 0.3) is 10.3 Å². The normalized spacial score (nSPS) is 21.4. The molecule has 1 saturated heterocycles. The number of ether oxygens (including phenoxy) is 1. The van der Waals surface area contributed by atoms with E-state index in [0.717, 1.165) is 11.3 Å². The van der Waals surface area contributed by atoms with Gasteiger partial charge in [-0.2, -0.15) is 4.98 Å². The number of amides is 1. The van der Waals surface area contributed by atoms with Crippen molar-refractivity contribution in [3.63, 3.8) is 0 Å². The number of rotatable bonds is 3. The minimum absolute atomic E-state index is 0.0201. The number of carbonyl (C=O) groups excluding carboxylic acids is 1. The first kappa shape index (κ1) is 14.9. The molecule has 1 aliphatic heterocycles. The SMILES string of the molecule is CC(=O)Nc1nc2c(sc(=O)n2C2CCC(CO)O2)c(=O)[nH]1. The predicted octanol–water partition coefficient (Wildman–Crippen LogP) is -0.225. The van der Waals surface area contributed by atoms with Crippen LogP contribution in [0.3, 0.4) is 0 Å². The summed E-state index contributed by atoms with van der Waals surface area (Å²) in [5, 5.41) is 11.5. The summed E-state index contributed by atoms with van der Waals surface area (Å²) in [7, 11) is 0. The monoisotopic (exact) mass is 326 g/mol. The fraction of sp³-hybridized carbons (Fsp3) is 0.500. The Morgan fingerprint density at radius 3 is 2.95 bits per heavy atom. The number of aliphatic hydroxyl groups is 1. The van der Waals surface area contributed by atoms with E-state index in [-0.39, 0.29) is 39.8 Å². The average Bonchev–Trinajstić information content (AvgIpc) is 3.02. The largest absolute Gasteiger partial charge is 0.394 e. The number of aromatic amines is 1. The Balaban J connectivity index is 2.11. The molecule has 118 valence electrons. The lowest BCUT2D eigenvalue weighted by molar-refractivity contribution is -0.114. The van der Waals surface area contributed by atoms with Crippen LogP contribution in [-0.2, 0) is 9.53 Å². The second-order valence-corrected chi connectivity index (χ2v) is 5.92. The smallest absolute Gasteiger partial charge is 0.311 e. The maximum atomic E-state index is 12.2. The molecule has 3 rings (SSSR count). The molecule has 0 aliphatic carbocycles. The van der Waals surface area contributed by atoms with E-state index in [1.165, 1.54) is 11.5 Å². The Labute approximate surface area is 127 Å². The molecule has 3 N–H and O–H groups in total. The third-order valence-electron chi connectivity index (χ3n) is 3.34. The van der Waals surface area contributed by atoms with Gasteiger partial charge in [0.1, 0.15) is 10.9 Å². The second kappa shape index (κ2) is 5.63. The number of thiazole rings is 1. The van der Waals surface area contributed by atoms with Gasteiger partial charge in [-0.25, -0.2) is 0 Å². The molecule has 10 heteroatoms. The molecule has 2 atom stereocenters. The lowest BCUT2D eigenvalue weighted by Gasteiger charge is -2.13. The summed E-state index contributed by atoms with van der Waals surface area (Å²) in [6.45, 7) is 1.16. The van der Waals surface area contributed by atoms with Crippen molar-refractivity contribution < 1.29 is 14.6 Å². The molecule has 2 aromatic heterocycles. The first-order chi connectivity index (χ1) is 10.5. The Kier molecular flexibility index (Phi) is 3.81. The van der Waals surface area contributed by atoms with Gasteiger partial charge in [0.2, 0.25) is 11.9 Å². The molecule has 2 unspecified atom stereocenters. The van der Waals surface area contributed by atoms with E-state index < -0.39 is 11.8 Å². The van der Waals surface area contributed by atoms with Crippen LogP contribution in [-0.4, -0.2) is 38.3 Å². The molecule has 0 bridgehead atoms. The maximum Gasteiger partial charge on any atom is 0.311 e. The molecule has 1 amide bonds. The first-order valence-corrected chi connectivity index (χ1v) is 7.50. The highest BCUT2D eigenvalue weighted by Crippen LogP contribution is 2.29. The zero-order chi connectivity index (χ0) is 15.9. The van der Waals surface area contributed by atoms with Crippen LogP contribution in [0.15, 0.2) is 9.59 Å². The van der Waals surface area contributed by atoms with Crippen LogP contribution in [0.2, 0.25) is 0 Å². The summed E-state index contributed by atoms with van der Waals surface area (Å²) in [4.78, 5) is 41.5. The fourth-order valence-corrected chi connectivity index (χ4v) is 3.28. The zero-order valence-corrected chi connectivity index (χ0v) is 12.5. The summed E-state index contributed by atoms with van der Waals surface area (Å²) < 4.78 is 7.06. The molecular weight excluding hydrogens is 312 g/mol. The molecule has 0 radical (unpaired) electrons. The third-order valence-corrected chi connectivity index (χ3v) is 4.29. The number of anilines is 1. The van der Waals surface area contributed by atoms with E-state index in [4.69, 9.17) is 9.84 Å². The summed E-state index contributed by atoms with van der Waals surface area (Å²) in [6, 6.07) is 0. The minimum atomic E-state index is -0.571. The molecule has 22 heavy (non-hydrogen) atoms. The van der Waals surface area contributed by atoms with Gasteiger partial charge in [-0.05, 0) is 12.8 Å². The van der Waals surface area contributed by atoms with Crippen molar-refractivity contribution in [2.75, 3.05) is 11.9 Å². The highest BCUT2D eigenvalue weighted by molar-refractivity contribution is 7.16. The molecule has 2 aromatic rings. The Morgan fingerprint density at radius 2 is 2.32 bits per heavy atom. The van der Waals surface area contributed by atoms with Gasteiger partial charge in [-0.1, -0.05) is 11.3 Å². The number of hydrogen-bond acceptors (Lipinski definition) is 7. The van der Waals surface area contributed by atoms with Gasteiger partial charge in [0.25, 0.3) is 5.56 Å². The van der Waals surface area contributed by atoms with Crippen LogP contribution in [0, 0.1) is 0 Å². The fourth-order valence-electron chi connectivity index (χ4n) is 2.42. The van der Waals surface area contributed by atoms with Gasteiger partial charge in [0.15, 0.2) is 5.65 Å². The summed E-state index contributed by atoms with van der Waals surface area (Å²) >= 11 is 0.775. The van der Waals surface area contributed by atoms with Gasteiger partial charge in [0, 0.05) is 6.92 Å². The summed E-state index contributed by atoms with van der Waals surface area (Å²) in [5.41, 5.74) is -0.322. The predicted molar refractivity (Wildman–Crippen MR) is 79.0 cm³/mol. The van der Waals surface area contributed by atoms with Crippen molar-refractivity contribution in [1.82, 2.24) is 14.5 Å². The van der Waals surface area contributed by atoms with Crippen molar-refractivity contribution in [3.8, 4) is 0 Å². The third kappa shape index (κ3) is 2.56. The number of aromatic nitrogens is 3. The lowest BCUT2D eigenvalue weighted by atomic mass is 10.2. The highest BCUT2D eigenvalue weighted by atomic mass is 32.1. The van der Waals surface area contributed by atoms with Crippen molar-refractivity contribution in [2.24, 2.45) is 0 Å². The number of nitrogens with zero attached hydrogens (tertiary/aromatic N) is 2. The molecule has 0 spiro atoms. The van der Waals surface area contributed by atoms with Crippen LogP contribution < -0.4 is 15.7 Å². The van der Waals surface area contributed by atoms with Crippen LogP contribution in [0.1, 0.15) is 26.0 Å². The Morgan fingerprint density at radius 1 is 1.55 bits per heavy atom. The number of hydrogen-bond donors (Lipinski definition) is 3. The molecular formula is C12H14N4O5S. The minimum Gasteiger partial charge on any atom is -0.394 e. The Hall–Kier alpha value is -2.04. The van der Waals surface area contributed by atoms with E-state index in [0.29, 0.717) is 12.8 Å². The van der Waals surface area contributed by atoms with Gasteiger partial charge in [0.05, 0.1) is 12.7 Å². The van der Waals surface area contributed by atoms with Crippen LogP contribution in [0.4, 0.5) is 5.95 Å². The Bertz CT molecular complexity index is 838. The van der Waals surface area contributed by atoms with Crippen molar-refractivity contribution in [1.29, 1.82) is 0 Å². The number of H-pyrrole nitrogens is 1. The van der Waals surface area contributed by atoms with Crippen LogP contribution in [0.5, 0.6) is 0 Å². The molecule has 9 nitrogen and oxygen atoms in total. The van der Waals surface area contributed by atoms with Crippen LogP contribution >= 0.6 is 11.3 Å².